The van der Waals surface area contributed by atoms with Crippen LogP contribution in [0.25, 0.3) is 0 Å². The van der Waals surface area contributed by atoms with Crippen molar-refractivity contribution in [2.75, 3.05) is 6.61 Å². The number of carbonyl (C=O) groups is 1. The lowest BCUT2D eigenvalue weighted by molar-refractivity contribution is 0.114. The first-order chi connectivity index (χ1) is 3.92. The predicted octanol–water partition coefficient (Wildman–Crippen LogP) is 1.13. The Morgan fingerprint density at radius 1 is 1.56 bits per heavy atom. The normalized spacial score (nSPS) is 11.0. The maximum atomic E-state index is 10.0. The SMILES string of the molecule is CC(C)(C)COC(N)=O. The number of carbonyl (C=O) groups excluding carboxylic acids is 1. The monoisotopic (exact) mass is 131 g/mol. The minimum absolute atomic E-state index is 0.00896. The summed E-state index contributed by atoms with van der Waals surface area (Å²) in [4.78, 5) is 10.0. The lowest BCUT2D eigenvalue weighted by atomic mass is 9.99. The molecule has 3 heteroatoms. The first-order valence-electron chi connectivity index (χ1n) is 2.84. The Bertz CT molecular complexity index is 104. The number of hydrogen-bond donors (Lipinski definition) is 1. The van der Waals surface area contributed by atoms with Crippen LogP contribution in [-0.4, -0.2) is 12.7 Å². The molecule has 9 heavy (non-hydrogen) atoms. The molecule has 54 valence electrons. The highest BCUT2D eigenvalue weighted by Gasteiger charge is 2.11. The van der Waals surface area contributed by atoms with Gasteiger partial charge < -0.3 is 10.5 Å². The summed E-state index contributed by atoms with van der Waals surface area (Å²) in [6.45, 7) is 6.28. The fourth-order valence-corrected chi connectivity index (χ4v) is 0.288. The molecule has 0 fully saturated rings. The van der Waals surface area contributed by atoms with Crippen molar-refractivity contribution in [3.63, 3.8) is 0 Å². The number of amides is 1. The number of nitrogens with two attached hydrogens (primary N) is 1. The zero-order valence-electron chi connectivity index (χ0n) is 6.10. The highest BCUT2D eigenvalue weighted by molar-refractivity contribution is 5.64. The van der Waals surface area contributed by atoms with E-state index >= 15 is 0 Å². The van der Waals surface area contributed by atoms with Crippen molar-refractivity contribution < 1.29 is 9.53 Å². The molecule has 0 unspecified atom stereocenters. The molecule has 0 aliphatic rings. The summed E-state index contributed by atoms with van der Waals surface area (Å²) in [5.74, 6) is 0. The van der Waals surface area contributed by atoms with Crippen LogP contribution in [0.15, 0.2) is 0 Å². The Labute approximate surface area is 55.2 Å². The van der Waals surface area contributed by atoms with Crippen molar-refractivity contribution in [2.45, 2.75) is 20.8 Å². The number of ether oxygens (including phenoxy) is 1. The summed E-state index contributed by atoms with van der Waals surface area (Å²) < 4.78 is 4.55. The zero-order chi connectivity index (χ0) is 7.49. The van der Waals surface area contributed by atoms with E-state index in [1.54, 1.807) is 0 Å². The molecule has 0 heterocycles. The van der Waals surface area contributed by atoms with Gasteiger partial charge in [0.05, 0.1) is 6.61 Å². The molecule has 0 radical (unpaired) electrons. The van der Waals surface area contributed by atoms with Gasteiger partial charge in [0.25, 0.3) is 0 Å². The van der Waals surface area contributed by atoms with Crippen molar-refractivity contribution in [3.05, 3.63) is 0 Å². The summed E-state index contributed by atoms with van der Waals surface area (Å²) in [6, 6.07) is 0. The van der Waals surface area contributed by atoms with Crippen molar-refractivity contribution in [3.8, 4) is 0 Å². The summed E-state index contributed by atoms with van der Waals surface area (Å²) in [5.41, 5.74) is 4.75. The van der Waals surface area contributed by atoms with E-state index in [0.29, 0.717) is 6.61 Å². The van der Waals surface area contributed by atoms with Crippen LogP contribution < -0.4 is 5.73 Å². The minimum Gasteiger partial charge on any atom is -0.449 e. The summed E-state index contributed by atoms with van der Waals surface area (Å²) in [7, 11) is 0. The average molecular weight is 131 g/mol. The Morgan fingerprint density at radius 3 is 2.11 bits per heavy atom. The smallest absolute Gasteiger partial charge is 0.404 e. The van der Waals surface area contributed by atoms with E-state index < -0.39 is 6.09 Å². The Morgan fingerprint density at radius 2 is 2.00 bits per heavy atom. The fraction of sp³-hybridized carbons (Fsp3) is 0.833. The van der Waals surface area contributed by atoms with Gasteiger partial charge >= 0.3 is 6.09 Å². The van der Waals surface area contributed by atoms with Crippen LogP contribution in [-0.2, 0) is 4.74 Å². The number of hydrogen-bond acceptors (Lipinski definition) is 2. The van der Waals surface area contributed by atoms with E-state index in [2.05, 4.69) is 4.74 Å². The van der Waals surface area contributed by atoms with Crippen LogP contribution in [0.2, 0.25) is 0 Å². The van der Waals surface area contributed by atoms with Gasteiger partial charge in [0.1, 0.15) is 0 Å². The molecule has 0 spiro atoms. The highest BCUT2D eigenvalue weighted by atomic mass is 16.5. The van der Waals surface area contributed by atoms with Crippen molar-refractivity contribution in [1.82, 2.24) is 0 Å². The maximum absolute atomic E-state index is 10.0. The van der Waals surface area contributed by atoms with Crippen molar-refractivity contribution in [1.29, 1.82) is 0 Å². The van der Waals surface area contributed by atoms with Crippen LogP contribution in [0.1, 0.15) is 20.8 Å². The van der Waals surface area contributed by atoms with Gasteiger partial charge in [0.2, 0.25) is 0 Å². The highest BCUT2D eigenvalue weighted by Crippen LogP contribution is 2.12. The molecular weight excluding hydrogens is 118 g/mol. The third-order valence-corrected chi connectivity index (χ3v) is 0.647. The fourth-order valence-electron chi connectivity index (χ4n) is 0.288. The molecule has 0 bridgehead atoms. The standard InChI is InChI=1S/C6H13NO2/c1-6(2,3)4-9-5(7)8/h4H2,1-3H3,(H2,7,8). The van der Waals surface area contributed by atoms with E-state index in [4.69, 9.17) is 5.73 Å². The zero-order valence-corrected chi connectivity index (χ0v) is 6.10. The molecule has 1 amide bonds. The molecule has 0 atom stereocenters. The number of rotatable bonds is 1. The third-order valence-electron chi connectivity index (χ3n) is 0.647. The molecule has 0 rings (SSSR count). The molecule has 0 saturated carbocycles. The van der Waals surface area contributed by atoms with Gasteiger partial charge in [-0.2, -0.15) is 0 Å². The van der Waals surface area contributed by atoms with Crippen molar-refractivity contribution >= 4 is 6.09 Å². The summed E-state index contributed by atoms with van der Waals surface area (Å²) in [6.07, 6.45) is -0.704. The Kier molecular flexibility index (Phi) is 2.49. The van der Waals surface area contributed by atoms with E-state index in [9.17, 15) is 4.79 Å². The van der Waals surface area contributed by atoms with Crippen LogP contribution in [0.4, 0.5) is 4.79 Å². The van der Waals surface area contributed by atoms with Gasteiger partial charge in [-0.3, -0.25) is 0 Å². The average Bonchev–Trinajstić information content (AvgIpc) is 1.59. The van der Waals surface area contributed by atoms with Crippen LogP contribution in [0, 0.1) is 5.41 Å². The van der Waals surface area contributed by atoms with Crippen LogP contribution >= 0.6 is 0 Å². The molecular formula is C6H13NO2. The van der Waals surface area contributed by atoms with E-state index in [1.165, 1.54) is 0 Å². The van der Waals surface area contributed by atoms with Crippen LogP contribution in [0.3, 0.4) is 0 Å². The molecule has 2 N–H and O–H groups in total. The number of primary amides is 1. The summed E-state index contributed by atoms with van der Waals surface area (Å²) in [5, 5.41) is 0. The molecule has 0 aromatic rings. The van der Waals surface area contributed by atoms with E-state index in [0.717, 1.165) is 0 Å². The molecule has 3 nitrogen and oxygen atoms in total. The third kappa shape index (κ3) is 7.27. The predicted molar refractivity (Wildman–Crippen MR) is 35.0 cm³/mol. The lowest BCUT2D eigenvalue weighted by Gasteiger charge is -2.16. The largest absolute Gasteiger partial charge is 0.449 e. The lowest BCUT2D eigenvalue weighted by Crippen LogP contribution is -2.21. The van der Waals surface area contributed by atoms with Gasteiger partial charge in [-0.05, 0) is 5.41 Å². The van der Waals surface area contributed by atoms with Gasteiger partial charge in [0.15, 0.2) is 0 Å². The van der Waals surface area contributed by atoms with Gasteiger partial charge in [-0.25, -0.2) is 4.79 Å². The van der Waals surface area contributed by atoms with E-state index in [-0.39, 0.29) is 5.41 Å². The second-order valence-electron chi connectivity index (χ2n) is 3.17. The second kappa shape index (κ2) is 2.71. The second-order valence-corrected chi connectivity index (χ2v) is 3.17. The quantitative estimate of drug-likeness (QED) is 0.580. The van der Waals surface area contributed by atoms with Crippen LogP contribution in [0.5, 0.6) is 0 Å². The Balaban J connectivity index is 3.39. The van der Waals surface area contributed by atoms with Gasteiger partial charge in [0, 0.05) is 0 Å². The van der Waals surface area contributed by atoms with Gasteiger partial charge in [-0.1, -0.05) is 20.8 Å². The molecule has 0 saturated heterocycles. The summed E-state index contributed by atoms with van der Waals surface area (Å²) >= 11 is 0. The molecule has 0 aromatic heterocycles. The molecule has 0 aliphatic carbocycles. The first-order valence-corrected chi connectivity index (χ1v) is 2.84. The van der Waals surface area contributed by atoms with Crippen molar-refractivity contribution in [2.24, 2.45) is 11.1 Å². The van der Waals surface area contributed by atoms with E-state index in [1.807, 2.05) is 20.8 Å². The topological polar surface area (TPSA) is 52.3 Å². The van der Waals surface area contributed by atoms with Gasteiger partial charge in [-0.15, -0.1) is 0 Å². The molecule has 0 aliphatic heterocycles. The first kappa shape index (κ1) is 8.27. The molecule has 0 aromatic carbocycles. The minimum atomic E-state index is -0.704. The Hall–Kier alpha value is -0.730. The maximum Gasteiger partial charge on any atom is 0.404 e.